The predicted molar refractivity (Wildman–Crippen MR) is 111 cm³/mol. The number of guanidine groups is 1. The fourth-order valence-corrected chi connectivity index (χ4v) is 2.45. The lowest BCUT2D eigenvalue weighted by Crippen LogP contribution is -2.28. The minimum Gasteiger partial charge on any atom is -0.370 e. The normalized spacial score (nSPS) is 14.2. The molecule has 0 radical (unpaired) electrons. The van der Waals surface area contributed by atoms with Crippen molar-refractivity contribution in [3.8, 4) is 0 Å². The van der Waals surface area contributed by atoms with Gasteiger partial charge in [-0.1, -0.05) is 24.6 Å². The van der Waals surface area contributed by atoms with E-state index in [9.17, 15) is 4.79 Å². The van der Waals surface area contributed by atoms with E-state index >= 15 is 0 Å². The molecule has 132 valence electrons. The van der Waals surface area contributed by atoms with E-state index in [1.807, 2.05) is 42.5 Å². The summed E-state index contributed by atoms with van der Waals surface area (Å²) in [5.74, 6) is 1.24. The average Bonchev–Trinajstić information content (AvgIpc) is 2.52. The van der Waals surface area contributed by atoms with Crippen LogP contribution in [0.5, 0.6) is 0 Å². The van der Waals surface area contributed by atoms with Gasteiger partial charge in [-0.15, -0.1) is 24.0 Å². The van der Waals surface area contributed by atoms with Crippen molar-refractivity contribution in [1.82, 2.24) is 4.98 Å². The molecule has 25 heavy (non-hydrogen) atoms. The largest absolute Gasteiger partial charge is 0.370 e. The molecule has 0 aliphatic heterocycles. The Kier molecular flexibility index (Phi) is 7.17. The maximum atomic E-state index is 12.0. The molecule has 0 bridgehead atoms. The number of anilines is 2. The molecule has 0 spiro atoms. The molecule has 6 nitrogen and oxygen atoms in total. The van der Waals surface area contributed by atoms with Crippen LogP contribution in [0.3, 0.4) is 0 Å². The molecule has 0 atom stereocenters. The lowest BCUT2D eigenvalue weighted by atomic mass is 9.85. The second-order valence-electron chi connectivity index (χ2n) is 5.86. The van der Waals surface area contributed by atoms with Crippen molar-refractivity contribution in [3.05, 3.63) is 54.2 Å². The topological polar surface area (TPSA) is 92.4 Å². The second kappa shape index (κ2) is 9.36. The Bertz CT molecular complexity index is 731. The van der Waals surface area contributed by atoms with E-state index in [1.165, 1.54) is 0 Å². The third-order valence-corrected chi connectivity index (χ3v) is 4.02. The fraction of sp³-hybridized carbons (Fsp3) is 0.278. The highest BCUT2D eigenvalue weighted by molar-refractivity contribution is 14.0. The number of nitrogens with zero attached hydrogens (tertiary/aromatic N) is 2. The average molecular weight is 451 g/mol. The summed E-state index contributed by atoms with van der Waals surface area (Å²) in [4.78, 5) is 20.4. The molecular formula is C18H22IN5O. The molecule has 4 N–H and O–H groups in total. The summed E-state index contributed by atoms with van der Waals surface area (Å²) in [5, 5.41) is 5.90. The molecule has 1 aromatic carbocycles. The Morgan fingerprint density at radius 3 is 2.72 bits per heavy atom. The van der Waals surface area contributed by atoms with Crippen molar-refractivity contribution < 1.29 is 4.79 Å². The number of hydrogen-bond donors (Lipinski definition) is 3. The van der Waals surface area contributed by atoms with Crippen molar-refractivity contribution in [1.29, 1.82) is 0 Å². The summed E-state index contributed by atoms with van der Waals surface area (Å²) in [6, 6.07) is 13.2. The minimum absolute atomic E-state index is 0. The number of nitrogens with one attached hydrogen (secondary N) is 2. The molecule has 2 aromatic rings. The number of nitrogens with two attached hydrogens (primary N) is 1. The molecule has 1 saturated carbocycles. The van der Waals surface area contributed by atoms with Gasteiger partial charge in [0.25, 0.3) is 0 Å². The second-order valence-corrected chi connectivity index (χ2v) is 5.86. The first-order valence-corrected chi connectivity index (χ1v) is 8.08. The molecule has 1 aliphatic carbocycles. The van der Waals surface area contributed by atoms with Crippen molar-refractivity contribution in [2.45, 2.75) is 25.8 Å². The molecule has 1 fully saturated rings. The molecule has 1 heterocycles. The van der Waals surface area contributed by atoms with Crippen LogP contribution in [0.25, 0.3) is 0 Å². The molecule has 7 heteroatoms. The first-order chi connectivity index (χ1) is 11.7. The van der Waals surface area contributed by atoms with Crippen LogP contribution >= 0.6 is 24.0 Å². The smallest absolute Gasteiger partial charge is 0.227 e. The highest BCUT2D eigenvalue weighted by Gasteiger charge is 2.25. The van der Waals surface area contributed by atoms with Crippen molar-refractivity contribution in [2.24, 2.45) is 16.6 Å². The summed E-state index contributed by atoms with van der Waals surface area (Å²) in [6.07, 6.45) is 4.82. The van der Waals surface area contributed by atoms with E-state index < -0.39 is 0 Å². The van der Waals surface area contributed by atoms with Gasteiger partial charge >= 0.3 is 0 Å². The van der Waals surface area contributed by atoms with E-state index in [1.54, 1.807) is 6.20 Å². The first kappa shape index (κ1) is 19.2. The Morgan fingerprint density at radius 2 is 2.04 bits per heavy atom. The van der Waals surface area contributed by atoms with Crippen molar-refractivity contribution >= 4 is 47.3 Å². The number of benzene rings is 1. The van der Waals surface area contributed by atoms with Crippen LogP contribution in [0.2, 0.25) is 0 Å². The van der Waals surface area contributed by atoms with E-state index in [4.69, 9.17) is 5.73 Å². The lowest BCUT2D eigenvalue weighted by molar-refractivity contribution is -0.122. The summed E-state index contributed by atoms with van der Waals surface area (Å²) in [5.41, 5.74) is 7.65. The summed E-state index contributed by atoms with van der Waals surface area (Å²) < 4.78 is 0. The van der Waals surface area contributed by atoms with Gasteiger partial charge in [0.15, 0.2) is 5.96 Å². The van der Waals surface area contributed by atoms with E-state index in [0.717, 1.165) is 30.5 Å². The summed E-state index contributed by atoms with van der Waals surface area (Å²) >= 11 is 0. The van der Waals surface area contributed by atoms with Crippen molar-refractivity contribution in [2.75, 3.05) is 10.6 Å². The van der Waals surface area contributed by atoms with Crippen LogP contribution < -0.4 is 16.4 Å². The SMILES string of the molecule is I.NC(=NCc1cccc(NC(=O)C2CCC2)c1)Nc1ccccn1. The molecule has 3 rings (SSSR count). The molecule has 1 amide bonds. The van der Waals surface area contributed by atoms with E-state index in [-0.39, 0.29) is 35.8 Å². The van der Waals surface area contributed by atoms with Crippen molar-refractivity contribution in [3.63, 3.8) is 0 Å². The molecule has 1 aromatic heterocycles. The van der Waals surface area contributed by atoms with Gasteiger partial charge in [-0.2, -0.15) is 0 Å². The van der Waals surface area contributed by atoms with Gasteiger partial charge in [-0.25, -0.2) is 9.98 Å². The first-order valence-electron chi connectivity index (χ1n) is 8.08. The standard InChI is InChI=1S/C18H21N5O.HI/c19-18(23-16-9-1-2-10-20-16)21-12-13-5-3-8-15(11-13)22-17(24)14-6-4-7-14;/h1-3,5,8-11,14H,4,6-7,12H2,(H,22,24)(H3,19,20,21,23);1H. The van der Waals surface area contributed by atoms with Gasteiger partial charge in [-0.05, 0) is 42.7 Å². The number of pyridine rings is 1. The van der Waals surface area contributed by atoms with E-state index in [2.05, 4.69) is 20.6 Å². The van der Waals surface area contributed by atoms with Crippen LogP contribution in [-0.2, 0) is 11.3 Å². The Balaban J connectivity index is 0.00000225. The van der Waals surface area contributed by atoms with E-state index in [0.29, 0.717) is 18.3 Å². The number of amides is 1. The predicted octanol–water partition coefficient (Wildman–Crippen LogP) is 3.37. The van der Waals surface area contributed by atoms with Gasteiger partial charge < -0.3 is 16.4 Å². The van der Waals surface area contributed by atoms with Crippen LogP contribution in [0.1, 0.15) is 24.8 Å². The number of carbonyl (C=O) groups is 1. The van der Waals surface area contributed by atoms with Crippen LogP contribution in [-0.4, -0.2) is 16.9 Å². The quantitative estimate of drug-likeness (QED) is 0.369. The maximum absolute atomic E-state index is 12.0. The van der Waals surface area contributed by atoms with Crippen LogP contribution in [0.15, 0.2) is 53.7 Å². The third kappa shape index (κ3) is 5.70. The van der Waals surface area contributed by atoms with Gasteiger partial charge in [0.05, 0.1) is 6.54 Å². The molecule has 1 aliphatic rings. The number of aliphatic imine (C=N–C) groups is 1. The number of hydrogen-bond acceptors (Lipinski definition) is 3. The Labute approximate surface area is 164 Å². The number of carbonyl (C=O) groups excluding carboxylic acids is 1. The van der Waals surface area contributed by atoms with Gasteiger partial charge in [-0.3, -0.25) is 4.79 Å². The maximum Gasteiger partial charge on any atom is 0.227 e. The zero-order chi connectivity index (χ0) is 16.8. The molecule has 0 unspecified atom stereocenters. The lowest BCUT2D eigenvalue weighted by Gasteiger charge is -2.24. The molecule has 0 saturated heterocycles. The van der Waals surface area contributed by atoms with Crippen LogP contribution in [0.4, 0.5) is 11.5 Å². The third-order valence-electron chi connectivity index (χ3n) is 4.02. The Morgan fingerprint density at radius 1 is 1.20 bits per heavy atom. The monoisotopic (exact) mass is 451 g/mol. The summed E-state index contributed by atoms with van der Waals surface area (Å²) in [6.45, 7) is 0.429. The van der Waals surface area contributed by atoms with Crippen LogP contribution in [0, 0.1) is 5.92 Å². The fourth-order valence-electron chi connectivity index (χ4n) is 2.45. The summed E-state index contributed by atoms with van der Waals surface area (Å²) in [7, 11) is 0. The highest BCUT2D eigenvalue weighted by atomic mass is 127. The zero-order valence-electron chi connectivity index (χ0n) is 13.8. The number of rotatable bonds is 5. The molecular weight excluding hydrogens is 429 g/mol. The highest BCUT2D eigenvalue weighted by Crippen LogP contribution is 2.27. The zero-order valence-corrected chi connectivity index (χ0v) is 16.1. The minimum atomic E-state index is 0. The number of aromatic nitrogens is 1. The van der Waals surface area contributed by atoms with Gasteiger partial charge in [0.2, 0.25) is 5.91 Å². The Hall–Kier alpha value is -2.16. The van der Waals surface area contributed by atoms with Gasteiger partial charge in [0, 0.05) is 17.8 Å². The number of halogens is 1. The van der Waals surface area contributed by atoms with Gasteiger partial charge in [0.1, 0.15) is 5.82 Å².